The summed E-state index contributed by atoms with van der Waals surface area (Å²) in [4.78, 5) is 11.6. The van der Waals surface area contributed by atoms with Crippen LogP contribution in [0, 0.1) is 11.8 Å². The van der Waals surface area contributed by atoms with E-state index >= 15 is 0 Å². The Morgan fingerprint density at radius 1 is 1.11 bits per heavy atom. The summed E-state index contributed by atoms with van der Waals surface area (Å²) < 4.78 is 1.21. The van der Waals surface area contributed by atoms with E-state index in [0.717, 1.165) is 56.2 Å². The second-order valence-electron chi connectivity index (χ2n) is 8.20. The number of unbranched alkanes of at least 4 members (excludes halogenated alkanes) is 3. The number of thiophene rings is 1. The van der Waals surface area contributed by atoms with E-state index < -0.39 is 12.1 Å². The number of aliphatic carboxylic acids is 1. The molecule has 1 aromatic carbocycles. The molecule has 4 nitrogen and oxygen atoms in total. The fourth-order valence-corrected chi connectivity index (χ4v) is 5.69. The maximum absolute atomic E-state index is 10.7. The van der Waals surface area contributed by atoms with Gasteiger partial charge in [-0.1, -0.05) is 43.9 Å². The number of carboxylic acid groups (broad SMARTS) is 1. The zero-order valence-electron chi connectivity index (χ0n) is 16.4. The molecule has 2 aromatic rings. The van der Waals surface area contributed by atoms with Gasteiger partial charge in [-0.3, -0.25) is 4.79 Å². The summed E-state index contributed by atoms with van der Waals surface area (Å²) in [6.45, 7) is 0. The Labute approximate surface area is 171 Å². The molecule has 1 heterocycles. The molecule has 1 fully saturated rings. The molecule has 0 amide bonds. The Bertz CT molecular complexity index is 723. The fourth-order valence-electron chi connectivity index (χ4n) is 4.61. The van der Waals surface area contributed by atoms with Gasteiger partial charge in [0.05, 0.1) is 12.2 Å². The van der Waals surface area contributed by atoms with Gasteiger partial charge in [0, 0.05) is 16.0 Å². The lowest BCUT2D eigenvalue weighted by atomic mass is 9.85. The molecule has 0 saturated heterocycles. The van der Waals surface area contributed by atoms with Crippen molar-refractivity contribution in [1.29, 1.82) is 0 Å². The number of carbonyl (C=O) groups is 1. The van der Waals surface area contributed by atoms with E-state index in [2.05, 4.69) is 18.2 Å². The molecule has 3 N–H and O–H groups in total. The highest BCUT2D eigenvalue weighted by atomic mass is 32.1. The van der Waals surface area contributed by atoms with Crippen LogP contribution in [-0.4, -0.2) is 27.4 Å². The summed E-state index contributed by atoms with van der Waals surface area (Å²) in [6.07, 6.45) is 8.06. The molecule has 1 aliphatic rings. The second-order valence-corrected chi connectivity index (χ2v) is 9.31. The smallest absolute Gasteiger partial charge is 0.303 e. The molecule has 0 radical (unpaired) electrons. The van der Waals surface area contributed by atoms with Crippen molar-refractivity contribution < 1.29 is 20.1 Å². The molecule has 3 rings (SSSR count). The fraction of sp³-hybridized carbons (Fsp3) is 0.609. The standard InChI is InChI=1S/C23H32O4S/c24-19-13-11-16(7-3-1-2-4-10-23(26)27)18(19)12-14-20(25)22-15-17-8-5-6-9-21(17)28-22/h5-6,8-9,15-16,18-20,24-25H,1-4,7,10-14H2,(H,26,27)/t16-,18+,19+,20+/m0/s1. The predicted octanol–water partition coefficient (Wildman–Crippen LogP) is 5.53. The van der Waals surface area contributed by atoms with E-state index in [4.69, 9.17) is 5.11 Å². The van der Waals surface area contributed by atoms with Gasteiger partial charge >= 0.3 is 5.97 Å². The van der Waals surface area contributed by atoms with Crippen molar-refractivity contribution in [1.82, 2.24) is 0 Å². The molecule has 0 bridgehead atoms. The SMILES string of the molecule is O=C(O)CCCCCC[C@H]1CC[C@@H](O)[C@@H]1CC[C@@H](O)c1cc2ccccc2s1. The van der Waals surface area contributed by atoms with Crippen LogP contribution in [0.25, 0.3) is 10.1 Å². The molecular formula is C23H32O4S. The normalized spacial score (nSPS) is 23.3. The topological polar surface area (TPSA) is 77.8 Å². The monoisotopic (exact) mass is 404 g/mol. The van der Waals surface area contributed by atoms with Crippen LogP contribution in [-0.2, 0) is 4.79 Å². The van der Waals surface area contributed by atoms with Crippen molar-refractivity contribution in [3.8, 4) is 0 Å². The number of benzene rings is 1. The summed E-state index contributed by atoms with van der Waals surface area (Å²) in [5.41, 5.74) is 0. The third kappa shape index (κ3) is 5.79. The van der Waals surface area contributed by atoms with E-state index in [1.54, 1.807) is 11.3 Å². The first-order chi connectivity index (χ1) is 13.5. The van der Waals surface area contributed by atoms with Crippen LogP contribution < -0.4 is 0 Å². The first-order valence-corrected chi connectivity index (χ1v) is 11.4. The average Bonchev–Trinajstić information content (AvgIpc) is 3.26. The van der Waals surface area contributed by atoms with Gasteiger partial charge in [-0.2, -0.15) is 0 Å². The Balaban J connectivity index is 1.44. The van der Waals surface area contributed by atoms with Gasteiger partial charge in [-0.25, -0.2) is 0 Å². The average molecular weight is 405 g/mol. The third-order valence-electron chi connectivity index (χ3n) is 6.19. The van der Waals surface area contributed by atoms with E-state index in [0.29, 0.717) is 12.3 Å². The Morgan fingerprint density at radius 3 is 2.68 bits per heavy atom. The number of hydrogen-bond acceptors (Lipinski definition) is 4. The van der Waals surface area contributed by atoms with Crippen molar-refractivity contribution in [2.75, 3.05) is 0 Å². The Morgan fingerprint density at radius 2 is 1.89 bits per heavy atom. The molecule has 1 aromatic heterocycles. The van der Waals surface area contributed by atoms with Crippen LogP contribution in [0.4, 0.5) is 0 Å². The highest BCUT2D eigenvalue weighted by Crippen LogP contribution is 2.40. The number of carboxylic acids is 1. The molecule has 28 heavy (non-hydrogen) atoms. The number of fused-ring (bicyclic) bond motifs is 1. The molecule has 4 atom stereocenters. The zero-order chi connectivity index (χ0) is 19.9. The minimum Gasteiger partial charge on any atom is -0.481 e. The van der Waals surface area contributed by atoms with Gasteiger partial charge in [0.25, 0.3) is 0 Å². The van der Waals surface area contributed by atoms with Gasteiger partial charge in [0.15, 0.2) is 0 Å². The predicted molar refractivity (Wildman–Crippen MR) is 114 cm³/mol. The minimum absolute atomic E-state index is 0.244. The van der Waals surface area contributed by atoms with Crippen LogP contribution in [0.1, 0.15) is 75.2 Å². The number of rotatable bonds is 11. The summed E-state index contributed by atoms with van der Waals surface area (Å²) >= 11 is 1.66. The maximum atomic E-state index is 10.7. The molecule has 5 heteroatoms. The van der Waals surface area contributed by atoms with Crippen molar-refractivity contribution in [2.24, 2.45) is 11.8 Å². The summed E-state index contributed by atoms with van der Waals surface area (Å²) in [5, 5.41) is 30.9. The molecular weight excluding hydrogens is 372 g/mol. The van der Waals surface area contributed by atoms with Gasteiger partial charge < -0.3 is 15.3 Å². The van der Waals surface area contributed by atoms with Gasteiger partial charge in [-0.05, 0) is 61.5 Å². The van der Waals surface area contributed by atoms with Crippen LogP contribution in [0.15, 0.2) is 30.3 Å². The molecule has 0 spiro atoms. The van der Waals surface area contributed by atoms with E-state index in [1.165, 1.54) is 10.1 Å². The molecule has 0 unspecified atom stereocenters. The lowest BCUT2D eigenvalue weighted by Gasteiger charge is -2.23. The van der Waals surface area contributed by atoms with E-state index in [-0.39, 0.29) is 18.4 Å². The first kappa shape index (κ1) is 21.3. The summed E-state index contributed by atoms with van der Waals surface area (Å²) in [7, 11) is 0. The zero-order valence-corrected chi connectivity index (χ0v) is 17.2. The van der Waals surface area contributed by atoms with Gasteiger partial charge in [0.1, 0.15) is 0 Å². The van der Waals surface area contributed by atoms with Crippen LogP contribution in [0.3, 0.4) is 0 Å². The minimum atomic E-state index is -0.712. The second kappa shape index (κ2) is 10.4. The van der Waals surface area contributed by atoms with E-state index in [9.17, 15) is 15.0 Å². The lowest BCUT2D eigenvalue weighted by molar-refractivity contribution is -0.137. The van der Waals surface area contributed by atoms with Gasteiger partial charge in [0.2, 0.25) is 0 Å². The van der Waals surface area contributed by atoms with E-state index in [1.807, 2.05) is 12.1 Å². The number of aliphatic hydroxyl groups excluding tert-OH is 2. The van der Waals surface area contributed by atoms with Crippen molar-refractivity contribution in [2.45, 2.75) is 76.4 Å². The van der Waals surface area contributed by atoms with Crippen molar-refractivity contribution >= 4 is 27.4 Å². The van der Waals surface area contributed by atoms with Crippen molar-refractivity contribution in [3.05, 3.63) is 35.2 Å². The highest BCUT2D eigenvalue weighted by molar-refractivity contribution is 7.19. The van der Waals surface area contributed by atoms with Crippen LogP contribution >= 0.6 is 11.3 Å². The molecule has 0 aliphatic heterocycles. The number of aliphatic hydroxyl groups is 2. The van der Waals surface area contributed by atoms with Crippen LogP contribution in [0.5, 0.6) is 0 Å². The van der Waals surface area contributed by atoms with Gasteiger partial charge in [-0.15, -0.1) is 11.3 Å². The Kier molecular flexibility index (Phi) is 7.89. The number of hydrogen-bond donors (Lipinski definition) is 3. The van der Waals surface area contributed by atoms with Crippen LogP contribution in [0.2, 0.25) is 0 Å². The molecule has 1 saturated carbocycles. The lowest BCUT2D eigenvalue weighted by Crippen LogP contribution is -2.20. The molecule has 1 aliphatic carbocycles. The molecule has 154 valence electrons. The first-order valence-electron chi connectivity index (χ1n) is 10.6. The summed E-state index contributed by atoms with van der Waals surface area (Å²) in [6, 6.07) is 10.3. The Hall–Kier alpha value is -1.43. The van der Waals surface area contributed by atoms with Crippen molar-refractivity contribution in [3.63, 3.8) is 0 Å². The third-order valence-corrected chi connectivity index (χ3v) is 7.41. The maximum Gasteiger partial charge on any atom is 0.303 e. The largest absolute Gasteiger partial charge is 0.481 e. The highest BCUT2D eigenvalue weighted by Gasteiger charge is 2.34. The summed E-state index contributed by atoms with van der Waals surface area (Å²) in [5.74, 6) is 0.100. The quantitative estimate of drug-likeness (QED) is 0.431.